The van der Waals surface area contributed by atoms with Gasteiger partial charge in [0.2, 0.25) is 5.91 Å². The highest BCUT2D eigenvalue weighted by molar-refractivity contribution is 5.92. The van der Waals surface area contributed by atoms with Crippen LogP contribution in [-0.2, 0) is 19.3 Å². The number of nitriles is 1. The molecule has 0 fully saturated rings. The van der Waals surface area contributed by atoms with Crippen LogP contribution < -0.4 is 11.1 Å². The van der Waals surface area contributed by atoms with E-state index in [0.29, 0.717) is 29.9 Å². The van der Waals surface area contributed by atoms with Gasteiger partial charge < -0.3 is 11.1 Å². The molecule has 0 aliphatic heterocycles. The number of nitrogens with zero attached hydrogens (tertiary/aromatic N) is 3. The number of nitrogens with one attached hydrogen (secondary N) is 1. The van der Waals surface area contributed by atoms with Crippen LogP contribution >= 0.6 is 0 Å². The predicted molar refractivity (Wildman–Crippen MR) is 92.7 cm³/mol. The maximum atomic E-state index is 11.2. The molecule has 0 aliphatic carbocycles. The van der Waals surface area contributed by atoms with Gasteiger partial charge in [-0.2, -0.15) is 10.4 Å². The number of hydrogen-bond acceptors (Lipinski definition) is 5. The molecule has 0 spiro atoms. The number of primary amides is 1. The Morgan fingerprint density at radius 1 is 1.29 bits per heavy atom. The molecule has 1 amide bonds. The molecule has 2 aromatic rings. The van der Waals surface area contributed by atoms with Gasteiger partial charge in [-0.3, -0.25) is 4.79 Å². The normalized spacial score (nSPS) is 10.2. The molecule has 2 rings (SSSR count). The maximum Gasteiger partial charge on any atom is 0.248 e. The summed E-state index contributed by atoms with van der Waals surface area (Å²) in [6.45, 7) is 4.60. The third-order valence-electron chi connectivity index (χ3n) is 3.88. The smallest absolute Gasteiger partial charge is 0.248 e. The summed E-state index contributed by atoms with van der Waals surface area (Å²) in [6.07, 6.45) is 2.19. The number of nitrogens with two attached hydrogens (primary N) is 1. The summed E-state index contributed by atoms with van der Waals surface area (Å²) in [5.41, 5.74) is 9.16. The highest BCUT2D eigenvalue weighted by Crippen LogP contribution is 2.20. The Hall–Kier alpha value is -2.94. The molecule has 0 saturated heterocycles. The topological polar surface area (TPSA) is 105 Å². The van der Waals surface area contributed by atoms with Gasteiger partial charge in [-0.05, 0) is 42.5 Å². The Balaban J connectivity index is 2.11. The van der Waals surface area contributed by atoms with E-state index in [0.717, 1.165) is 29.7 Å². The van der Waals surface area contributed by atoms with Crippen molar-refractivity contribution in [2.75, 3.05) is 11.9 Å². The van der Waals surface area contributed by atoms with E-state index in [1.807, 2.05) is 19.9 Å². The molecular formula is C18H21N5O. The van der Waals surface area contributed by atoms with E-state index in [1.54, 1.807) is 18.2 Å². The lowest BCUT2D eigenvalue weighted by molar-refractivity contribution is 0.1000. The third kappa shape index (κ3) is 3.87. The van der Waals surface area contributed by atoms with Crippen LogP contribution in [0.4, 0.5) is 5.82 Å². The second-order valence-electron chi connectivity index (χ2n) is 5.41. The summed E-state index contributed by atoms with van der Waals surface area (Å²) in [6, 6.07) is 9.44. The summed E-state index contributed by atoms with van der Waals surface area (Å²) in [7, 11) is 0. The molecule has 6 nitrogen and oxygen atoms in total. The Labute approximate surface area is 141 Å². The number of aryl methyl sites for hydroxylation is 1. The van der Waals surface area contributed by atoms with E-state index < -0.39 is 5.91 Å². The Bertz CT molecular complexity index is 779. The molecular weight excluding hydrogens is 302 g/mol. The van der Waals surface area contributed by atoms with Crippen LogP contribution in [0.2, 0.25) is 0 Å². The molecule has 0 unspecified atom stereocenters. The standard InChI is InChI=1S/C18H21N5O/c1-3-14-15(11-19)18(23-22-16(14)4-2)21-9-8-12-6-5-7-13(10-12)17(20)24/h5-7,10H,3-4,8-9H2,1-2H3,(H2,20,24)(H,21,23). The van der Waals surface area contributed by atoms with Crippen molar-refractivity contribution in [2.45, 2.75) is 33.1 Å². The van der Waals surface area contributed by atoms with E-state index in [2.05, 4.69) is 21.6 Å². The summed E-state index contributed by atoms with van der Waals surface area (Å²) >= 11 is 0. The fourth-order valence-electron chi connectivity index (χ4n) is 2.62. The maximum absolute atomic E-state index is 11.2. The lowest BCUT2D eigenvalue weighted by Crippen LogP contribution is -2.13. The minimum Gasteiger partial charge on any atom is -0.367 e. The van der Waals surface area contributed by atoms with Crippen LogP contribution in [0.3, 0.4) is 0 Å². The summed E-state index contributed by atoms with van der Waals surface area (Å²) < 4.78 is 0. The van der Waals surface area contributed by atoms with Gasteiger partial charge in [0.25, 0.3) is 0 Å². The summed E-state index contributed by atoms with van der Waals surface area (Å²) in [4.78, 5) is 11.2. The molecule has 0 aliphatic rings. The molecule has 0 saturated carbocycles. The van der Waals surface area contributed by atoms with Crippen LogP contribution in [0.5, 0.6) is 0 Å². The summed E-state index contributed by atoms with van der Waals surface area (Å²) in [5.74, 6) is 0.0720. The van der Waals surface area contributed by atoms with Gasteiger partial charge in [-0.25, -0.2) is 0 Å². The molecule has 1 heterocycles. The number of anilines is 1. The van der Waals surface area contributed by atoms with Crippen LogP contribution in [-0.4, -0.2) is 22.6 Å². The number of carbonyl (C=O) groups excluding carboxylic acids is 1. The van der Waals surface area contributed by atoms with Crippen molar-refractivity contribution in [3.63, 3.8) is 0 Å². The highest BCUT2D eigenvalue weighted by atomic mass is 16.1. The number of aromatic nitrogens is 2. The van der Waals surface area contributed by atoms with Crippen molar-refractivity contribution in [1.82, 2.24) is 10.2 Å². The minimum atomic E-state index is -0.440. The lowest BCUT2D eigenvalue weighted by atomic mass is 10.0. The monoisotopic (exact) mass is 323 g/mol. The molecule has 124 valence electrons. The fourth-order valence-corrected chi connectivity index (χ4v) is 2.62. The van der Waals surface area contributed by atoms with Crippen molar-refractivity contribution >= 4 is 11.7 Å². The fraction of sp³-hybridized carbons (Fsp3) is 0.333. The lowest BCUT2D eigenvalue weighted by Gasteiger charge is -2.12. The second kappa shape index (κ2) is 8.06. The molecule has 0 atom stereocenters. The molecule has 3 N–H and O–H groups in total. The first-order chi connectivity index (χ1) is 11.6. The number of benzene rings is 1. The molecule has 0 bridgehead atoms. The largest absolute Gasteiger partial charge is 0.367 e. The van der Waals surface area contributed by atoms with Crippen molar-refractivity contribution in [1.29, 1.82) is 5.26 Å². The zero-order chi connectivity index (χ0) is 17.5. The third-order valence-corrected chi connectivity index (χ3v) is 3.88. The van der Waals surface area contributed by atoms with Gasteiger partial charge in [-0.15, -0.1) is 5.10 Å². The average molecular weight is 323 g/mol. The minimum absolute atomic E-state index is 0.440. The van der Waals surface area contributed by atoms with Crippen LogP contribution in [0.25, 0.3) is 0 Å². The quantitative estimate of drug-likeness (QED) is 0.813. The average Bonchev–Trinajstić information content (AvgIpc) is 2.61. The van der Waals surface area contributed by atoms with Crippen LogP contribution in [0.15, 0.2) is 24.3 Å². The van der Waals surface area contributed by atoms with Crippen LogP contribution in [0, 0.1) is 11.3 Å². The van der Waals surface area contributed by atoms with Gasteiger partial charge >= 0.3 is 0 Å². The van der Waals surface area contributed by atoms with E-state index in [1.165, 1.54) is 0 Å². The zero-order valence-electron chi connectivity index (χ0n) is 14.0. The first kappa shape index (κ1) is 17.4. The Morgan fingerprint density at radius 2 is 2.08 bits per heavy atom. The van der Waals surface area contributed by atoms with E-state index >= 15 is 0 Å². The Kier molecular flexibility index (Phi) is 5.85. The van der Waals surface area contributed by atoms with Gasteiger partial charge in [0.1, 0.15) is 11.6 Å². The van der Waals surface area contributed by atoms with Gasteiger partial charge in [0, 0.05) is 12.1 Å². The second-order valence-corrected chi connectivity index (χ2v) is 5.41. The van der Waals surface area contributed by atoms with E-state index in [9.17, 15) is 10.1 Å². The molecule has 1 aromatic heterocycles. The predicted octanol–water partition coefficient (Wildman–Crippen LogP) is 2.23. The number of rotatable bonds is 7. The van der Waals surface area contributed by atoms with E-state index in [-0.39, 0.29) is 0 Å². The number of amides is 1. The number of carbonyl (C=O) groups is 1. The molecule has 6 heteroatoms. The van der Waals surface area contributed by atoms with E-state index in [4.69, 9.17) is 5.73 Å². The van der Waals surface area contributed by atoms with Gasteiger partial charge in [-0.1, -0.05) is 26.0 Å². The van der Waals surface area contributed by atoms with Crippen LogP contribution in [0.1, 0.15) is 46.6 Å². The Morgan fingerprint density at radius 3 is 2.71 bits per heavy atom. The van der Waals surface area contributed by atoms with Crippen molar-refractivity contribution in [2.24, 2.45) is 5.73 Å². The van der Waals surface area contributed by atoms with Gasteiger partial charge in [0.15, 0.2) is 5.82 Å². The summed E-state index contributed by atoms with van der Waals surface area (Å²) in [5, 5.41) is 21.0. The molecule has 0 radical (unpaired) electrons. The van der Waals surface area contributed by atoms with Crippen molar-refractivity contribution in [3.05, 3.63) is 52.2 Å². The molecule has 24 heavy (non-hydrogen) atoms. The SMILES string of the molecule is CCc1nnc(NCCc2cccc(C(N)=O)c2)c(C#N)c1CC. The van der Waals surface area contributed by atoms with Crippen molar-refractivity contribution < 1.29 is 4.79 Å². The van der Waals surface area contributed by atoms with Crippen molar-refractivity contribution in [3.8, 4) is 6.07 Å². The van der Waals surface area contributed by atoms with Gasteiger partial charge in [0.05, 0.1) is 5.69 Å². The first-order valence-corrected chi connectivity index (χ1v) is 8.01. The number of hydrogen-bond donors (Lipinski definition) is 2. The zero-order valence-corrected chi connectivity index (χ0v) is 14.0. The first-order valence-electron chi connectivity index (χ1n) is 8.01. The highest BCUT2D eigenvalue weighted by Gasteiger charge is 2.13. The molecule has 1 aromatic carbocycles.